The largest absolute Gasteiger partial charge is 0.493 e. The van der Waals surface area contributed by atoms with Crippen LogP contribution in [0.15, 0.2) is 84.9 Å². The highest BCUT2D eigenvalue weighted by molar-refractivity contribution is 5.94. The third kappa shape index (κ3) is 8.12. The molecule has 0 unspecified atom stereocenters. The molecule has 5 aromatic rings. The van der Waals surface area contributed by atoms with E-state index >= 15 is 0 Å². The summed E-state index contributed by atoms with van der Waals surface area (Å²) in [6, 6.07) is 26.3. The molecular formula is C43H39F5N2O6. The van der Waals surface area contributed by atoms with E-state index in [1.807, 2.05) is 66.7 Å². The Hall–Kier alpha value is -5.34. The SMILES string of the molecule is COc1cc2c(cc1OC)CN(C[C@H]1C[C@@H](c3ccc(CO)cc3)O[C@@H](c3ccc(-c4cccc(CNC(=O)c5c(F)c(F)c(F)c(F)c5F)c4)cc3)O1)CC2. The Bertz CT molecular complexity index is 2190. The smallest absolute Gasteiger partial charge is 0.257 e. The Balaban J connectivity index is 1.06. The van der Waals surface area contributed by atoms with Crippen LogP contribution in [-0.2, 0) is 35.6 Å². The topological polar surface area (TPSA) is 89.5 Å². The zero-order valence-corrected chi connectivity index (χ0v) is 30.6. The molecule has 0 radical (unpaired) electrons. The number of nitrogens with one attached hydrogen (secondary N) is 1. The van der Waals surface area contributed by atoms with E-state index < -0.39 is 46.8 Å². The first-order chi connectivity index (χ1) is 27.1. The number of ether oxygens (including phenoxy) is 4. The normalized spacial score (nSPS) is 18.3. The summed E-state index contributed by atoms with van der Waals surface area (Å²) in [4.78, 5) is 14.9. The summed E-state index contributed by atoms with van der Waals surface area (Å²) in [5, 5.41) is 11.8. The quantitative estimate of drug-likeness (QED) is 0.0797. The number of amides is 1. The van der Waals surface area contributed by atoms with Crippen molar-refractivity contribution in [2.45, 2.75) is 51.0 Å². The van der Waals surface area contributed by atoms with Crippen LogP contribution in [0.5, 0.6) is 11.5 Å². The fourth-order valence-corrected chi connectivity index (χ4v) is 7.19. The standard InChI is InChI=1S/C43H39F5N2O6/c1-53-34-17-30-14-15-50(21-31(30)18-35(34)54-2)22-32-19-33(27-8-6-24(23-51)7-9-27)56-43(55-32)28-12-10-26(11-13-28)29-5-3-4-25(16-29)20-49-42(52)36-37(44)39(46)41(48)40(47)38(36)45/h3-13,16-18,32-33,43,51H,14-15,19-23H2,1-2H3,(H,49,52)/t32-,33+,43+/m1/s1. The number of carbonyl (C=O) groups is 1. The van der Waals surface area contributed by atoms with E-state index in [0.717, 1.165) is 47.3 Å². The maximum absolute atomic E-state index is 14.2. The van der Waals surface area contributed by atoms with Crippen molar-refractivity contribution in [1.82, 2.24) is 10.2 Å². The van der Waals surface area contributed by atoms with Crippen LogP contribution < -0.4 is 14.8 Å². The van der Waals surface area contributed by atoms with Crippen LogP contribution in [0, 0.1) is 29.1 Å². The Morgan fingerprint density at radius 2 is 1.41 bits per heavy atom. The summed E-state index contributed by atoms with van der Waals surface area (Å²) in [6.45, 7) is 1.95. The molecule has 1 saturated heterocycles. The molecule has 0 aliphatic carbocycles. The van der Waals surface area contributed by atoms with Gasteiger partial charge >= 0.3 is 0 Å². The van der Waals surface area contributed by atoms with Crippen LogP contribution in [0.4, 0.5) is 22.0 Å². The molecule has 2 N–H and O–H groups in total. The van der Waals surface area contributed by atoms with Gasteiger partial charge < -0.3 is 29.4 Å². The van der Waals surface area contributed by atoms with Crippen LogP contribution >= 0.6 is 0 Å². The van der Waals surface area contributed by atoms with Crippen molar-refractivity contribution in [3.63, 3.8) is 0 Å². The van der Waals surface area contributed by atoms with Crippen molar-refractivity contribution in [3.8, 4) is 22.6 Å². The van der Waals surface area contributed by atoms with Gasteiger partial charge in [-0.05, 0) is 63.6 Å². The highest BCUT2D eigenvalue weighted by Crippen LogP contribution is 2.40. The predicted molar refractivity (Wildman–Crippen MR) is 196 cm³/mol. The number of halogens is 5. The summed E-state index contributed by atoms with van der Waals surface area (Å²) in [6.07, 6.45) is 0.346. The molecule has 0 spiro atoms. The van der Waals surface area contributed by atoms with E-state index in [1.54, 1.807) is 32.4 Å². The van der Waals surface area contributed by atoms with Crippen molar-refractivity contribution in [2.75, 3.05) is 27.3 Å². The maximum atomic E-state index is 14.2. The van der Waals surface area contributed by atoms with E-state index in [-0.39, 0.29) is 25.4 Å². The second kappa shape index (κ2) is 16.8. The molecule has 1 fully saturated rings. The van der Waals surface area contributed by atoms with E-state index in [4.69, 9.17) is 18.9 Å². The number of hydrogen-bond acceptors (Lipinski definition) is 7. The van der Waals surface area contributed by atoms with Crippen molar-refractivity contribution in [2.24, 2.45) is 0 Å². The van der Waals surface area contributed by atoms with Crippen molar-refractivity contribution >= 4 is 5.91 Å². The van der Waals surface area contributed by atoms with Crippen LogP contribution in [0.3, 0.4) is 0 Å². The minimum atomic E-state index is -2.34. The van der Waals surface area contributed by atoms with Crippen molar-refractivity contribution in [3.05, 3.63) is 153 Å². The number of fused-ring (bicyclic) bond motifs is 1. The molecule has 2 aliphatic rings. The van der Waals surface area contributed by atoms with Gasteiger partial charge in [0.15, 0.2) is 41.1 Å². The van der Waals surface area contributed by atoms with Gasteiger partial charge in [-0.25, -0.2) is 22.0 Å². The highest BCUT2D eigenvalue weighted by atomic mass is 19.2. The van der Waals surface area contributed by atoms with E-state index in [2.05, 4.69) is 10.2 Å². The first-order valence-electron chi connectivity index (χ1n) is 18.0. The second-order valence-corrected chi connectivity index (χ2v) is 13.8. The number of carbonyl (C=O) groups excluding carboxylic acids is 1. The average Bonchev–Trinajstić information content (AvgIpc) is 3.23. The Kier molecular flexibility index (Phi) is 11.7. The maximum Gasteiger partial charge on any atom is 0.257 e. The number of hydrogen-bond donors (Lipinski definition) is 2. The lowest BCUT2D eigenvalue weighted by Gasteiger charge is -2.39. The molecule has 3 atom stereocenters. The number of nitrogens with zero attached hydrogens (tertiary/aromatic N) is 1. The summed E-state index contributed by atoms with van der Waals surface area (Å²) < 4.78 is 93.4. The van der Waals surface area contributed by atoms with Crippen LogP contribution in [0.1, 0.15) is 62.6 Å². The van der Waals surface area contributed by atoms with Gasteiger partial charge in [0.1, 0.15) is 5.56 Å². The van der Waals surface area contributed by atoms with Gasteiger partial charge in [0.2, 0.25) is 5.82 Å². The summed E-state index contributed by atoms with van der Waals surface area (Å²) in [7, 11) is 3.26. The van der Waals surface area contributed by atoms with Crippen molar-refractivity contribution < 1.29 is 50.8 Å². The molecule has 8 nitrogen and oxygen atoms in total. The second-order valence-electron chi connectivity index (χ2n) is 13.8. The molecule has 1 amide bonds. The summed E-state index contributed by atoms with van der Waals surface area (Å²) >= 11 is 0. The molecule has 0 bridgehead atoms. The Morgan fingerprint density at radius 1 is 0.768 bits per heavy atom. The molecule has 0 aromatic heterocycles. The lowest BCUT2D eigenvalue weighted by molar-refractivity contribution is -0.253. The van der Waals surface area contributed by atoms with E-state index in [1.165, 1.54) is 11.1 Å². The molecule has 292 valence electrons. The van der Waals surface area contributed by atoms with Crippen LogP contribution in [0.2, 0.25) is 0 Å². The first kappa shape index (κ1) is 38.9. The first-order valence-corrected chi connectivity index (χ1v) is 18.0. The zero-order chi connectivity index (χ0) is 39.5. The minimum Gasteiger partial charge on any atom is -0.493 e. The number of aliphatic hydroxyl groups excluding tert-OH is 1. The molecule has 2 aliphatic heterocycles. The van der Waals surface area contributed by atoms with Crippen molar-refractivity contribution in [1.29, 1.82) is 0 Å². The Labute approximate surface area is 320 Å². The number of aliphatic hydroxyl groups is 1. The fourth-order valence-electron chi connectivity index (χ4n) is 7.19. The minimum absolute atomic E-state index is 0.0600. The van der Waals surface area contributed by atoms with Crippen LogP contribution in [0.25, 0.3) is 11.1 Å². The van der Waals surface area contributed by atoms with Gasteiger partial charge in [0.05, 0.1) is 33.0 Å². The monoisotopic (exact) mass is 774 g/mol. The highest BCUT2D eigenvalue weighted by Gasteiger charge is 2.34. The lowest BCUT2D eigenvalue weighted by atomic mass is 9.96. The van der Waals surface area contributed by atoms with E-state index in [9.17, 15) is 31.9 Å². The average molecular weight is 775 g/mol. The Morgan fingerprint density at radius 3 is 2.07 bits per heavy atom. The van der Waals surface area contributed by atoms with Crippen LogP contribution in [-0.4, -0.2) is 49.3 Å². The molecule has 5 aromatic carbocycles. The van der Waals surface area contributed by atoms with Gasteiger partial charge in [-0.15, -0.1) is 0 Å². The summed E-state index contributed by atoms with van der Waals surface area (Å²) in [5.74, 6) is -11.2. The lowest BCUT2D eigenvalue weighted by Crippen LogP contribution is -2.41. The third-order valence-corrected chi connectivity index (χ3v) is 10.2. The van der Waals surface area contributed by atoms with E-state index in [0.29, 0.717) is 30.0 Å². The third-order valence-electron chi connectivity index (χ3n) is 10.2. The van der Waals surface area contributed by atoms with Gasteiger partial charge in [0, 0.05) is 38.2 Å². The van der Waals surface area contributed by atoms with Gasteiger partial charge in [-0.3, -0.25) is 9.69 Å². The molecule has 56 heavy (non-hydrogen) atoms. The molecular weight excluding hydrogens is 735 g/mol. The van der Waals surface area contributed by atoms with Gasteiger partial charge in [0.25, 0.3) is 5.91 Å². The fraction of sp³-hybridized carbons (Fsp3) is 0.279. The molecule has 13 heteroatoms. The van der Waals surface area contributed by atoms with Gasteiger partial charge in [-0.2, -0.15) is 0 Å². The molecule has 0 saturated carbocycles. The zero-order valence-electron chi connectivity index (χ0n) is 30.6. The summed E-state index contributed by atoms with van der Waals surface area (Å²) in [5.41, 5.74) is 5.52. The number of rotatable bonds is 11. The molecule has 2 heterocycles. The predicted octanol–water partition coefficient (Wildman–Crippen LogP) is 8.09. The number of benzene rings is 5. The molecule has 7 rings (SSSR count). The number of methoxy groups -OCH3 is 2. The van der Waals surface area contributed by atoms with Gasteiger partial charge in [-0.1, -0.05) is 66.7 Å².